The van der Waals surface area contributed by atoms with Crippen molar-refractivity contribution in [3.63, 3.8) is 0 Å². The molecule has 0 fully saturated rings. The first-order valence-corrected chi connectivity index (χ1v) is 20.9. The molecule has 2 aliphatic rings. The number of hydrogen-bond donors (Lipinski definition) is 2. The molecule has 0 spiro atoms. The lowest BCUT2D eigenvalue weighted by Crippen LogP contribution is -2.22. The zero-order valence-electron chi connectivity index (χ0n) is 36.8. The minimum atomic E-state index is -2.13. The van der Waals surface area contributed by atoms with Gasteiger partial charge in [0.2, 0.25) is 17.0 Å². The lowest BCUT2D eigenvalue weighted by molar-refractivity contribution is -0.138. The molecule has 0 bridgehead atoms. The van der Waals surface area contributed by atoms with E-state index in [2.05, 4.69) is 16.9 Å². The lowest BCUT2D eigenvalue weighted by Gasteiger charge is -2.24. The molecular weight excluding hydrogens is 913 g/mol. The molecule has 69 heavy (non-hydrogen) atoms. The van der Waals surface area contributed by atoms with E-state index >= 15 is 0 Å². The molecule has 8 aromatic rings. The number of carbonyl (C=O) groups excluding carboxylic acids is 3. The van der Waals surface area contributed by atoms with Crippen molar-refractivity contribution in [3.05, 3.63) is 170 Å². The van der Waals surface area contributed by atoms with Crippen LogP contribution < -0.4 is 15.9 Å². The van der Waals surface area contributed by atoms with Crippen LogP contribution in [0.3, 0.4) is 0 Å². The number of nitrogens with zero attached hydrogens (tertiary/aromatic N) is 2. The maximum absolute atomic E-state index is 14.7. The number of fused-ring (bicyclic) bond motifs is 8. The number of phenolic OH excluding ortho intramolecular Hbond substituents is 1. The molecule has 1 aliphatic heterocycles. The summed E-state index contributed by atoms with van der Waals surface area (Å²) in [6.07, 6.45) is 3.19. The first-order valence-electron chi connectivity index (χ1n) is 20.9. The van der Waals surface area contributed by atoms with Crippen molar-refractivity contribution in [2.75, 3.05) is 33.0 Å². The average Bonchev–Trinajstić information content (AvgIpc) is 3.87. The Morgan fingerprint density at radius 3 is 2.17 bits per heavy atom. The summed E-state index contributed by atoms with van der Waals surface area (Å²) in [6.45, 7) is 3.08. The Labute approximate surface area is 386 Å². The van der Waals surface area contributed by atoms with Crippen LogP contribution in [0.5, 0.6) is 17.2 Å². The van der Waals surface area contributed by atoms with Crippen LogP contribution in [0, 0.1) is 34.9 Å². The molecule has 10 rings (SSSR count). The van der Waals surface area contributed by atoms with Gasteiger partial charge < -0.3 is 38.9 Å². The van der Waals surface area contributed by atoms with Crippen LogP contribution in [-0.2, 0) is 20.7 Å². The second-order valence-electron chi connectivity index (χ2n) is 15.7. The Bertz CT molecular complexity index is 3550. The monoisotopic (exact) mass is 949 g/mol. The summed E-state index contributed by atoms with van der Waals surface area (Å²) in [5.74, 6) is -13.6. The van der Waals surface area contributed by atoms with Gasteiger partial charge in [-0.25, -0.2) is 31.5 Å². The van der Waals surface area contributed by atoms with Crippen LogP contribution in [0.15, 0.2) is 112 Å². The number of halogens is 6. The van der Waals surface area contributed by atoms with E-state index in [-0.39, 0.29) is 47.2 Å². The topological polar surface area (TPSA) is 164 Å². The van der Waals surface area contributed by atoms with Crippen LogP contribution in [0.2, 0.25) is 0 Å². The first kappa shape index (κ1) is 47.0. The molecule has 0 unspecified atom stereocenters. The zero-order valence-corrected chi connectivity index (χ0v) is 36.8. The van der Waals surface area contributed by atoms with Gasteiger partial charge in [0.05, 0.1) is 35.5 Å². The molecular formula is C51H37F6N3O9. The standard InChI is InChI=1S/C24H13F2NO5.C14H13F4NO3.C13H11NO/c1-2-30-24(29)14-10-27-16-9-18-12(11-5-3-4-6-17(11)31-18)8-19(16)32-23-20(26)15(25)7-13(21(23)27)22(14)28;1-4-22-14(21)8(6-19(2)3)13(20)7-5-9(15)11(17)12(18)10(7)16;14-12-6-9-5-8-3-1-2-4-10(8)11(9)7-13(12)15/h3-10H,2H2,1H3;5-6H,4H2,1-3H3;1-4,6-7,15H,5,14H2/b;8-6-;. The number of aromatic hydroxyl groups is 1. The number of esters is 2. The van der Waals surface area contributed by atoms with Crippen LogP contribution in [-0.4, -0.2) is 59.6 Å². The van der Waals surface area contributed by atoms with Gasteiger partial charge in [0, 0.05) is 43.3 Å². The molecule has 2 aromatic heterocycles. The van der Waals surface area contributed by atoms with E-state index in [4.69, 9.17) is 19.6 Å². The summed E-state index contributed by atoms with van der Waals surface area (Å²) < 4.78 is 105. The lowest BCUT2D eigenvalue weighted by atomic mass is 10.0. The second kappa shape index (κ2) is 18.6. The summed E-state index contributed by atoms with van der Waals surface area (Å²) in [5.41, 5.74) is 9.76. The Morgan fingerprint density at radius 2 is 1.45 bits per heavy atom. The van der Waals surface area contributed by atoms with Crippen LogP contribution >= 0.6 is 0 Å². The van der Waals surface area contributed by atoms with Gasteiger partial charge in [-0.1, -0.05) is 42.5 Å². The Hall–Kier alpha value is -8.54. The van der Waals surface area contributed by atoms with Gasteiger partial charge in [0.25, 0.3) is 0 Å². The van der Waals surface area contributed by atoms with E-state index in [1.54, 1.807) is 25.1 Å². The third-order valence-electron chi connectivity index (χ3n) is 11.0. The van der Waals surface area contributed by atoms with Crippen molar-refractivity contribution >= 4 is 56.3 Å². The number of carbonyl (C=O) groups is 3. The van der Waals surface area contributed by atoms with Gasteiger partial charge in [-0.15, -0.1) is 0 Å². The highest BCUT2D eigenvalue weighted by Gasteiger charge is 2.31. The van der Waals surface area contributed by atoms with Crippen molar-refractivity contribution < 1.29 is 64.5 Å². The minimum Gasteiger partial charge on any atom is -0.506 e. The number of phenols is 1. The fourth-order valence-corrected chi connectivity index (χ4v) is 7.91. The molecule has 0 radical (unpaired) electrons. The number of para-hydroxylation sites is 1. The van der Waals surface area contributed by atoms with E-state index in [0.29, 0.717) is 22.5 Å². The Kier molecular flexibility index (Phi) is 12.7. The number of nitrogens with two attached hydrogens (primary N) is 1. The largest absolute Gasteiger partial charge is 0.506 e. The van der Waals surface area contributed by atoms with E-state index < -0.39 is 74.9 Å². The first-order chi connectivity index (χ1) is 32.9. The molecule has 0 amide bonds. The molecule has 0 saturated heterocycles. The predicted molar refractivity (Wildman–Crippen MR) is 243 cm³/mol. The number of rotatable bonds is 7. The highest BCUT2D eigenvalue weighted by molar-refractivity contribution is 6.24. The maximum Gasteiger partial charge on any atom is 0.343 e. The van der Waals surface area contributed by atoms with E-state index in [1.165, 1.54) is 53.4 Å². The molecule has 352 valence electrons. The van der Waals surface area contributed by atoms with Gasteiger partial charge in [-0.05, 0) is 78.9 Å². The quantitative estimate of drug-likeness (QED) is 0.0149. The summed E-state index contributed by atoms with van der Waals surface area (Å²) in [5, 5.41) is 10.9. The molecule has 0 saturated carbocycles. The highest BCUT2D eigenvalue weighted by atomic mass is 19.2. The van der Waals surface area contributed by atoms with Gasteiger partial charge >= 0.3 is 11.9 Å². The maximum atomic E-state index is 14.7. The van der Waals surface area contributed by atoms with Crippen LogP contribution in [0.4, 0.5) is 32.0 Å². The Balaban J connectivity index is 0.000000151. The number of Topliss-reactive ketones (excluding diaryl/α,β-unsaturated/α-hetero) is 1. The number of benzene rings is 6. The summed E-state index contributed by atoms with van der Waals surface area (Å²) in [7, 11) is 2.93. The fraction of sp³-hybridized carbons (Fsp3) is 0.137. The summed E-state index contributed by atoms with van der Waals surface area (Å²) in [4.78, 5) is 50.5. The molecule has 3 heterocycles. The predicted octanol–water partition coefficient (Wildman–Crippen LogP) is 10.4. The van der Waals surface area contributed by atoms with Crippen LogP contribution in [0.25, 0.3) is 49.7 Å². The fourth-order valence-electron chi connectivity index (χ4n) is 7.91. The average molecular weight is 950 g/mol. The minimum absolute atomic E-state index is 0.0184. The molecule has 1 aliphatic carbocycles. The number of hydrogen-bond acceptors (Lipinski definition) is 11. The number of nitrogen functional groups attached to an aromatic ring is 1. The molecule has 3 N–H and O–H groups in total. The number of furan rings is 1. The van der Waals surface area contributed by atoms with Gasteiger partial charge in [0.15, 0.2) is 40.6 Å². The van der Waals surface area contributed by atoms with Crippen molar-refractivity contribution in [2.45, 2.75) is 20.3 Å². The highest BCUT2D eigenvalue weighted by Crippen LogP contribution is 2.45. The van der Waals surface area contributed by atoms with Gasteiger partial charge in [-0.3, -0.25) is 9.59 Å². The van der Waals surface area contributed by atoms with E-state index in [1.807, 2.05) is 42.5 Å². The van der Waals surface area contributed by atoms with Crippen molar-refractivity contribution in [2.24, 2.45) is 0 Å². The third-order valence-corrected chi connectivity index (χ3v) is 11.0. The molecule has 18 heteroatoms. The Morgan fingerprint density at radius 1 is 0.754 bits per heavy atom. The third kappa shape index (κ3) is 8.56. The van der Waals surface area contributed by atoms with E-state index in [0.717, 1.165) is 35.0 Å². The number of aromatic nitrogens is 1. The second-order valence-corrected chi connectivity index (χ2v) is 15.7. The van der Waals surface area contributed by atoms with Gasteiger partial charge in [-0.2, -0.15) is 4.39 Å². The number of pyridine rings is 1. The summed E-state index contributed by atoms with van der Waals surface area (Å²) >= 11 is 0. The van der Waals surface area contributed by atoms with Crippen molar-refractivity contribution in [1.82, 2.24) is 9.47 Å². The molecule has 6 aromatic carbocycles. The van der Waals surface area contributed by atoms with Crippen molar-refractivity contribution in [1.29, 1.82) is 0 Å². The summed E-state index contributed by atoms with van der Waals surface area (Å²) in [6, 6.07) is 23.6. The number of anilines is 1. The van der Waals surface area contributed by atoms with Crippen molar-refractivity contribution in [3.8, 4) is 34.1 Å². The smallest absolute Gasteiger partial charge is 0.343 e. The SMILES string of the molecule is CCOC(=O)/C(=C\N(C)C)C(=O)c1cc(F)c(F)c(F)c1F.CCOC(=O)c1cn2c3c(c(F)c(F)cc3c1=O)Oc1cc3c(cc1-2)oc1ccccc13.Nc1cc2c(cc1O)-c1ccccc1C2. The normalized spacial score (nSPS) is 11.9. The van der Waals surface area contributed by atoms with Gasteiger partial charge in [0.1, 0.15) is 33.6 Å². The zero-order chi connectivity index (χ0) is 49.6. The number of ether oxygens (including phenoxy) is 3. The molecule has 12 nitrogen and oxygen atoms in total. The number of ketones is 1. The van der Waals surface area contributed by atoms with E-state index in [9.17, 15) is 50.6 Å². The van der Waals surface area contributed by atoms with Crippen LogP contribution in [0.1, 0.15) is 45.7 Å². The molecule has 0 atom stereocenters.